The minimum absolute atomic E-state index is 0.263. The first-order valence-corrected chi connectivity index (χ1v) is 6.56. The Bertz CT molecular complexity index is 330. The molecule has 0 bridgehead atoms. The highest BCUT2D eigenvalue weighted by Crippen LogP contribution is 2.47. The van der Waals surface area contributed by atoms with Gasteiger partial charge in [0.2, 0.25) is 5.91 Å². The molecule has 1 amide bonds. The monoisotopic (exact) mass is 239 g/mol. The van der Waals surface area contributed by atoms with Crippen molar-refractivity contribution in [2.45, 2.75) is 51.9 Å². The van der Waals surface area contributed by atoms with Crippen LogP contribution in [0.25, 0.3) is 0 Å². The summed E-state index contributed by atoms with van der Waals surface area (Å²) in [4.78, 5) is 22.9. The predicted molar refractivity (Wildman–Crippen MR) is 63.5 cm³/mol. The number of rotatable bonds is 6. The molecule has 0 aliphatic heterocycles. The van der Waals surface area contributed by atoms with Gasteiger partial charge in [0.25, 0.3) is 0 Å². The van der Waals surface area contributed by atoms with Gasteiger partial charge in [-0.3, -0.25) is 9.59 Å². The second-order valence-electron chi connectivity index (χ2n) is 5.67. The molecule has 2 aliphatic rings. The van der Waals surface area contributed by atoms with E-state index in [0.717, 1.165) is 12.8 Å². The van der Waals surface area contributed by atoms with Gasteiger partial charge >= 0.3 is 5.97 Å². The number of carboxylic acids is 1. The van der Waals surface area contributed by atoms with Crippen LogP contribution >= 0.6 is 0 Å². The number of amides is 1. The van der Waals surface area contributed by atoms with Crippen molar-refractivity contribution in [2.75, 3.05) is 6.54 Å². The van der Waals surface area contributed by atoms with Gasteiger partial charge in [-0.15, -0.1) is 0 Å². The van der Waals surface area contributed by atoms with Crippen molar-refractivity contribution < 1.29 is 14.7 Å². The van der Waals surface area contributed by atoms with Crippen molar-refractivity contribution in [2.24, 2.45) is 10.8 Å². The molecule has 0 atom stereocenters. The molecule has 2 N–H and O–H groups in total. The molecule has 2 aliphatic carbocycles. The van der Waals surface area contributed by atoms with Gasteiger partial charge in [0.15, 0.2) is 0 Å². The Hall–Kier alpha value is -1.06. The predicted octanol–water partition coefficient (Wildman–Crippen LogP) is 1.94. The molecule has 0 aromatic heterocycles. The summed E-state index contributed by atoms with van der Waals surface area (Å²) < 4.78 is 0. The van der Waals surface area contributed by atoms with Crippen molar-refractivity contribution in [3.63, 3.8) is 0 Å². The van der Waals surface area contributed by atoms with E-state index in [4.69, 9.17) is 5.11 Å². The van der Waals surface area contributed by atoms with E-state index < -0.39 is 11.4 Å². The summed E-state index contributed by atoms with van der Waals surface area (Å²) in [5.41, 5.74) is -0.823. The summed E-state index contributed by atoms with van der Waals surface area (Å²) in [5.74, 6) is -1.24. The highest BCUT2D eigenvalue weighted by Gasteiger charge is 2.57. The van der Waals surface area contributed by atoms with Crippen molar-refractivity contribution in [1.82, 2.24) is 5.32 Å². The lowest BCUT2D eigenvalue weighted by atomic mass is 9.66. The average molecular weight is 239 g/mol. The van der Waals surface area contributed by atoms with Crippen LogP contribution in [0.2, 0.25) is 0 Å². The summed E-state index contributed by atoms with van der Waals surface area (Å²) in [6.45, 7) is 2.82. The van der Waals surface area contributed by atoms with Gasteiger partial charge in [0.05, 0.1) is 0 Å². The molecule has 0 aromatic carbocycles. The first-order valence-electron chi connectivity index (χ1n) is 6.56. The third-order valence-corrected chi connectivity index (χ3v) is 4.41. The number of carbonyl (C=O) groups is 2. The maximum absolute atomic E-state index is 11.9. The lowest BCUT2D eigenvalue weighted by Gasteiger charge is -2.42. The smallest absolute Gasteiger partial charge is 0.319 e. The fourth-order valence-corrected chi connectivity index (χ4v) is 2.82. The summed E-state index contributed by atoms with van der Waals surface area (Å²) in [6, 6.07) is 0. The van der Waals surface area contributed by atoms with E-state index in [1.54, 1.807) is 0 Å². The third-order valence-electron chi connectivity index (χ3n) is 4.41. The van der Waals surface area contributed by atoms with Crippen molar-refractivity contribution in [1.29, 1.82) is 0 Å². The van der Waals surface area contributed by atoms with Crippen molar-refractivity contribution >= 4 is 11.9 Å². The number of carbonyl (C=O) groups excluding carboxylic acids is 1. The first-order chi connectivity index (χ1) is 8.05. The van der Waals surface area contributed by atoms with E-state index in [-0.39, 0.29) is 11.3 Å². The highest BCUT2D eigenvalue weighted by atomic mass is 16.4. The topological polar surface area (TPSA) is 66.4 Å². The maximum Gasteiger partial charge on any atom is 0.319 e. The zero-order chi connectivity index (χ0) is 12.5. The number of carboxylic acid groups (broad SMARTS) is 1. The van der Waals surface area contributed by atoms with Crippen molar-refractivity contribution in [3.05, 3.63) is 0 Å². The summed E-state index contributed by atoms with van der Waals surface area (Å²) >= 11 is 0. The fourth-order valence-electron chi connectivity index (χ4n) is 2.82. The largest absolute Gasteiger partial charge is 0.480 e. The Morgan fingerprint density at radius 3 is 2.24 bits per heavy atom. The number of hydrogen-bond donors (Lipinski definition) is 2. The molecular weight excluding hydrogens is 218 g/mol. The molecule has 0 radical (unpaired) electrons. The van der Waals surface area contributed by atoms with Crippen LogP contribution < -0.4 is 5.32 Å². The van der Waals surface area contributed by atoms with Crippen LogP contribution in [0.4, 0.5) is 0 Å². The first kappa shape index (κ1) is 12.4. The second kappa shape index (κ2) is 4.31. The standard InChI is InChI=1S/C13H21NO3/c1-2-4-12(5-3-6-12)9-14-10(15)13(7-8-13)11(16)17/h2-9H2,1H3,(H,14,15)(H,16,17). The minimum atomic E-state index is -1.09. The Morgan fingerprint density at radius 2 is 1.88 bits per heavy atom. The molecule has 0 unspecified atom stereocenters. The van der Waals surface area contributed by atoms with Crippen LogP contribution in [-0.4, -0.2) is 23.5 Å². The van der Waals surface area contributed by atoms with Crippen molar-refractivity contribution in [3.8, 4) is 0 Å². The number of hydrogen-bond acceptors (Lipinski definition) is 2. The average Bonchev–Trinajstić information content (AvgIpc) is 3.02. The molecule has 2 fully saturated rings. The molecule has 0 spiro atoms. The van der Waals surface area contributed by atoms with Gasteiger partial charge in [-0.2, -0.15) is 0 Å². The molecule has 2 saturated carbocycles. The molecule has 4 nitrogen and oxygen atoms in total. The van der Waals surface area contributed by atoms with E-state index in [2.05, 4.69) is 12.2 Å². The van der Waals surface area contributed by atoms with Crippen LogP contribution in [0.3, 0.4) is 0 Å². The second-order valence-corrected chi connectivity index (χ2v) is 5.67. The molecule has 0 heterocycles. The van der Waals surface area contributed by atoms with Crippen LogP contribution in [0.1, 0.15) is 51.9 Å². The maximum atomic E-state index is 11.9. The lowest BCUT2D eigenvalue weighted by molar-refractivity contribution is -0.149. The molecule has 4 heteroatoms. The molecule has 0 saturated heterocycles. The Balaban J connectivity index is 1.86. The zero-order valence-corrected chi connectivity index (χ0v) is 10.4. The fraction of sp³-hybridized carbons (Fsp3) is 0.846. The quantitative estimate of drug-likeness (QED) is 0.696. The van der Waals surface area contributed by atoms with Gasteiger partial charge in [0.1, 0.15) is 5.41 Å². The summed E-state index contributed by atoms with van der Waals surface area (Å²) in [7, 11) is 0. The molecule has 2 rings (SSSR count). The minimum Gasteiger partial charge on any atom is -0.480 e. The molecular formula is C13H21NO3. The Morgan fingerprint density at radius 1 is 1.24 bits per heavy atom. The zero-order valence-electron chi connectivity index (χ0n) is 10.4. The Labute approximate surface area is 102 Å². The van der Waals surface area contributed by atoms with E-state index in [0.29, 0.717) is 19.4 Å². The molecule has 96 valence electrons. The number of nitrogens with one attached hydrogen (secondary N) is 1. The lowest BCUT2D eigenvalue weighted by Crippen LogP contribution is -2.45. The van der Waals surface area contributed by atoms with Gasteiger partial charge in [0, 0.05) is 6.54 Å². The van der Waals surface area contributed by atoms with Gasteiger partial charge in [-0.25, -0.2) is 0 Å². The highest BCUT2D eigenvalue weighted by molar-refractivity contribution is 6.04. The van der Waals surface area contributed by atoms with E-state index in [1.165, 1.54) is 19.3 Å². The van der Waals surface area contributed by atoms with E-state index >= 15 is 0 Å². The van der Waals surface area contributed by atoms with E-state index in [1.807, 2.05) is 0 Å². The normalized spacial score (nSPS) is 23.6. The molecule has 0 aromatic rings. The van der Waals surface area contributed by atoms with Gasteiger partial charge < -0.3 is 10.4 Å². The van der Waals surface area contributed by atoms with Crippen LogP contribution in [0, 0.1) is 10.8 Å². The third kappa shape index (κ3) is 2.17. The molecule has 17 heavy (non-hydrogen) atoms. The summed E-state index contributed by atoms with van der Waals surface area (Å²) in [6.07, 6.45) is 6.82. The van der Waals surface area contributed by atoms with Crippen LogP contribution in [0.5, 0.6) is 0 Å². The van der Waals surface area contributed by atoms with Gasteiger partial charge in [-0.1, -0.05) is 19.8 Å². The number of aliphatic carboxylic acids is 1. The SMILES string of the molecule is CCCC1(CNC(=O)C2(C(=O)O)CC2)CCC1. The van der Waals surface area contributed by atoms with E-state index in [9.17, 15) is 9.59 Å². The Kier molecular flexibility index (Phi) is 3.15. The van der Waals surface area contributed by atoms with Crippen LogP contribution in [0.15, 0.2) is 0 Å². The van der Waals surface area contributed by atoms with Gasteiger partial charge in [-0.05, 0) is 37.5 Å². The summed E-state index contributed by atoms with van der Waals surface area (Å²) in [5, 5.41) is 11.9. The van der Waals surface area contributed by atoms with Crippen LogP contribution in [-0.2, 0) is 9.59 Å².